The quantitative estimate of drug-likeness (QED) is 0.645. The molecule has 0 spiro atoms. The van der Waals surface area contributed by atoms with Crippen molar-refractivity contribution < 1.29 is 9.90 Å². The van der Waals surface area contributed by atoms with E-state index in [0.717, 1.165) is 19.3 Å². The number of hydrogen-bond donors (Lipinski definition) is 1. The van der Waals surface area contributed by atoms with E-state index in [9.17, 15) is 4.79 Å². The molecule has 1 N–H and O–H groups in total. The molecule has 0 saturated heterocycles. The molecule has 0 amide bonds. The van der Waals surface area contributed by atoms with Gasteiger partial charge in [0.15, 0.2) is 0 Å². The van der Waals surface area contributed by atoms with Crippen LogP contribution >= 0.6 is 9.90 Å². The average Bonchev–Trinajstić information content (AvgIpc) is 1.82. The lowest BCUT2D eigenvalue weighted by Gasteiger charge is -2.02. The minimum atomic E-state index is -0.677. The van der Waals surface area contributed by atoms with E-state index in [1.54, 1.807) is 6.92 Å². The first kappa shape index (κ1) is 12.6. The van der Waals surface area contributed by atoms with Crippen LogP contribution in [0.5, 0.6) is 0 Å². The van der Waals surface area contributed by atoms with Crippen LogP contribution in [-0.4, -0.2) is 11.1 Å². The van der Waals surface area contributed by atoms with Crippen molar-refractivity contribution >= 4 is 15.9 Å². The van der Waals surface area contributed by atoms with Crippen molar-refractivity contribution in [1.29, 1.82) is 0 Å². The maximum atomic E-state index is 10.2. The molecule has 2 atom stereocenters. The molecule has 0 saturated carbocycles. The normalized spacial score (nSPS) is 11.8. The van der Waals surface area contributed by atoms with Crippen LogP contribution in [0.2, 0.25) is 0 Å². The highest BCUT2D eigenvalue weighted by atomic mass is 31.0. The summed E-state index contributed by atoms with van der Waals surface area (Å²) in [4.78, 5) is 10.2. The highest BCUT2D eigenvalue weighted by Crippen LogP contribution is 2.06. The third kappa shape index (κ3) is 6.03. The molecule has 0 aromatic rings. The molecule has 0 aliphatic carbocycles. The Bertz CT molecular complexity index is 93.6. The fourth-order valence-corrected chi connectivity index (χ4v) is 0.634. The predicted molar refractivity (Wildman–Crippen MR) is 47.4 cm³/mol. The Morgan fingerprint density at radius 3 is 2.40 bits per heavy atom. The van der Waals surface area contributed by atoms with Gasteiger partial charge in [0.05, 0.1) is 5.92 Å². The van der Waals surface area contributed by atoms with Crippen LogP contribution in [0.4, 0.5) is 0 Å². The van der Waals surface area contributed by atoms with E-state index in [4.69, 9.17) is 5.11 Å². The number of carboxylic acids is 1. The Morgan fingerprint density at radius 1 is 1.60 bits per heavy atom. The molecule has 2 unspecified atom stereocenters. The number of aliphatic carboxylic acids is 1. The van der Waals surface area contributed by atoms with Crippen molar-refractivity contribution in [3.8, 4) is 0 Å². The Balaban J connectivity index is 0. The lowest BCUT2D eigenvalue weighted by atomic mass is 10.1. The fourth-order valence-electron chi connectivity index (χ4n) is 0.634. The maximum Gasteiger partial charge on any atom is 0.306 e. The Kier molecular flexibility index (Phi) is 8.81. The van der Waals surface area contributed by atoms with Crippen LogP contribution in [0.15, 0.2) is 0 Å². The van der Waals surface area contributed by atoms with Crippen LogP contribution in [0.3, 0.4) is 0 Å². The summed E-state index contributed by atoms with van der Waals surface area (Å²) in [7, 11) is 0. The third-order valence-electron chi connectivity index (χ3n) is 1.41. The molecule has 0 aliphatic heterocycles. The molecule has 2 nitrogen and oxygen atoms in total. The summed E-state index contributed by atoms with van der Waals surface area (Å²) in [6, 6.07) is 0. The molecule has 0 fully saturated rings. The fraction of sp³-hybridized carbons (Fsp3) is 0.857. The predicted octanol–water partition coefficient (Wildman–Crippen LogP) is 1.96. The van der Waals surface area contributed by atoms with Crippen molar-refractivity contribution in [2.45, 2.75) is 33.1 Å². The molecule has 62 valence electrons. The van der Waals surface area contributed by atoms with Gasteiger partial charge < -0.3 is 5.11 Å². The van der Waals surface area contributed by atoms with Gasteiger partial charge in [0.25, 0.3) is 0 Å². The number of hydrogen-bond acceptors (Lipinski definition) is 1. The number of rotatable bonds is 4. The lowest BCUT2D eigenvalue weighted by Crippen LogP contribution is -2.08. The Hall–Kier alpha value is -0.100. The zero-order valence-corrected chi connectivity index (χ0v) is 8.18. The third-order valence-corrected chi connectivity index (χ3v) is 1.41. The number of carbonyl (C=O) groups is 1. The first-order chi connectivity index (χ1) is 4.18. The van der Waals surface area contributed by atoms with Gasteiger partial charge in [-0.3, -0.25) is 4.79 Å². The summed E-state index contributed by atoms with van der Waals surface area (Å²) >= 11 is 0. The van der Waals surface area contributed by atoms with Crippen molar-refractivity contribution in [3.05, 3.63) is 0 Å². The number of carboxylic acid groups (broad SMARTS) is 1. The minimum absolute atomic E-state index is 0. The van der Waals surface area contributed by atoms with E-state index >= 15 is 0 Å². The summed E-state index contributed by atoms with van der Waals surface area (Å²) in [5.41, 5.74) is 0. The molecule has 0 aromatic carbocycles. The smallest absolute Gasteiger partial charge is 0.306 e. The largest absolute Gasteiger partial charge is 0.481 e. The molecule has 0 rings (SSSR count). The maximum absolute atomic E-state index is 10.2. The van der Waals surface area contributed by atoms with Crippen LogP contribution in [0.1, 0.15) is 33.1 Å². The SMILES string of the molecule is CCCCC(C)C(=O)O.P. The van der Waals surface area contributed by atoms with Crippen molar-refractivity contribution in [2.24, 2.45) is 5.92 Å². The van der Waals surface area contributed by atoms with E-state index in [0.29, 0.717) is 0 Å². The van der Waals surface area contributed by atoms with Crippen molar-refractivity contribution in [2.75, 3.05) is 0 Å². The van der Waals surface area contributed by atoms with Gasteiger partial charge >= 0.3 is 5.97 Å². The van der Waals surface area contributed by atoms with Gasteiger partial charge in [-0.2, -0.15) is 9.90 Å². The summed E-state index contributed by atoms with van der Waals surface area (Å²) < 4.78 is 0. The summed E-state index contributed by atoms with van der Waals surface area (Å²) in [5.74, 6) is -0.839. The van der Waals surface area contributed by atoms with Crippen LogP contribution in [0, 0.1) is 5.92 Å². The first-order valence-electron chi connectivity index (χ1n) is 3.41. The molecule has 3 heteroatoms. The van der Waals surface area contributed by atoms with Gasteiger partial charge in [0.2, 0.25) is 0 Å². The van der Waals surface area contributed by atoms with Crippen LogP contribution < -0.4 is 0 Å². The zero-order chi connectivity index (χ0) is 7.28. The van der Waals surface area contributed by atoms with Crippen molar-refractivity contribution in [1.82, 2.24) is 0 Å². The highest BCUT2D eigenvalue weighted by molar-refractivity contribution is 6.92. The average molecular weight is 164 g/mol. The Labute approximate surface area is 65.6 Å². The summed E-state index contributed by atoms with van der Waals surface area (Å²) in [6.07, 6.45) is 2.91. The van der Waals surface area contributed by atoms with Gasteiger partial charge in [0.1, 0.15) is 0 Å². The molecular formula is C7H17O2P. The van der Waals surface area contributed by atoms with E-state index in [1.165, 1.54) is 0 Å². The van der Waals surface area contributed by atoms with Crippen LogP contribution in [-0.2, 0) is 4.79 Å². The van der Waals surface area contributed by atoms with Gasteiger partial charge in [-0.25, -0.2) is 0 Å². The van der Waals surface area contributed by atoms with E-state index in [-0.39, 0.29) is 15.8 Å². The zero-order valence-electron chi connectivity index (χ0n) is 6.76. The van der Waals surface area contributed by atoms with Crippen LogP contribution in [0.25, 0.3) is 0 Å². The van der Waals surface area contributed by atoms with Gasteiger partial charge in [-0.15, -0.1) is 0 Å². The summed E-state index contributed by atoms with van der Waals surface area (Å²) in [5, 5.41) is 8.41. The molecular weight excluding hydrogens is 147 g/mol. The van der Waals surface area contributed by atoms with E-state index in [1.807, 2.05) is 0 Å². The highest BCUT2D eigenvalue weighted by Gasteiger charge is 2.08. The standard InChI is InChI=1S/C7H14O2.H3P/c1-3-4-5-6(2)7(8)9;/h6H,3-5H2,1-2H3,(H,8,9);1H3. The molecule has 0 aliphatic rings. The second kappa shape index (κ2) is 7.01. The molecule has 0 heterocycles. The summed E-state index contributed by atoms with van der Waals surface area (Å²) in [6.45, 7) is 3.81. The van der Waals surface area contributed by atoms with Gasteiger partial charge in [-0.05, 0) is 6.42 Å². The first-order valence-corrected chi connectivity index (χ1v) is 3.41. The van der Waals surface area contributed by atoms with Gasteiger partial charge in [0, 0.05) is 0 Å². The molecule has 0 bridgehead atoms. The van der Waals surface area contributed by atoms with Crippen molar-refractivity contribution in [3.63, 3.8) is 0 Å². The minimum Gasteiger partial charge on any atom is -0.481 e. The second-order valence-corrected chi connectivity index (χ2v) is 2.38. The molecule has 0 aromatic heterocycles. The topological polar surface area (TPSA) is 37.3 Å². The second-order valence-electron chi connectivity index (χ2n) is 2.38. The Morgan fingerprint density at radius 2 is 2.10 bits per heavy atom. The molecule has 0 radical (unpaired) electrons. The van der Waals surface area contributed by atoms with E-state index < -0.39 is 5.97 Å². The van der Waals surface area contributed by atoms with E-state index in [2.05, 4.69) is 6.92 Å². The number of unbranched alkanes of at least 4 members (excludes halogenated alkanes) is 1. The molecule has 10 heavy (non-hydrogen) atoms. The lowest BCUT2D eigenvalue weighted by molar-refractivity contribution is -0.141. The van der Waals surface area contributed by atoms with Gasteiger partial charge in [-0.1, -0.05) is 26.7 Å². The monoisotopic (exact) mass is 164 g/mol.